The fourth-order valence-electron chi connectivity index (χ4n) is 7.10. The van der Waals surface area contributed by atoms with E-state index in [2.05, 4.69) is 13.0 Å². The molecule has 0 unspecified atom stereocenters. The lowest BCUT2D eigenvalue weighted by Crippen LogP contribution is -2.35. The van der Waals surface area contributed by atoms with Crippen LogP contribution in [0.1, 0.15) is 49.3 Å². The summed E-state index contributed by atoms with van der Waals surface area (Å²) in [6.07, 6.45) is 5.13. The smallest absolute Gasteiger partial charge is 0.238 e. The molecule has 6 heteroatoms. The molecule has 3 aromatic carbocycles. The zero-order valence-corrected chi connectivity index (χ0v) is 25.1. The molecule has 222 valence electrons. The van der Waals surface area contributed by atoms with E-state index in [1.165, 1.54) is 10.5 Å². The van der Waals surface area contributed by atoms with Crippen molar-refractivity contribution in [3.63, 3.8) is 0 Å². The fraction of sp³-hybridized carbons (Fsp3) is 0.351. The maximum Gasteiger partial charge on any atom is 0.238 e. The lowest BCUT2D eigenvalue weighted by Gasteiger charge is -2.31. The van der Waals surface area contributed by atoms with Crippen LogP contribution in [-0.2, 0) is 14.3 Å². The molecular formula is C37H39NO5. The van der Waals surface area contributed by atoms with E-state index < -0.39 is 11.8 Å². The van der Waals surface area contributed by atoms with Crippen LogP contribution in [0.4, 0.5) is 5.69 Å². The van der Waals surface area contributed by atoms with Crippen LogP contribution in [0.25, 0.3) is 6.08 Å². The van der Waals surface area contributed by atoms with Crippen molar-refractivity contribution < 1.29 is 24.2 Å². The number of allylic oxidation sites excluding steroid dienone is 1. The maximum atomic E-state index is 13.8. The van der Waals surface area contributed by atoms with E-state index in [1.807, 2.05) is 86.6 Å². The Bertz CT molecular complexity index is 1550. The normalized spacial score (nSPS) is 23.5. The van der Waals surface area contributed by atoms with Crippen LogP contribution in [0.5, 0.6) is 11.5 Å². The van der Waals surface area contributed by atoms with E-state index in [4.69, 9.17) is 9.47 Å². The molecule has 6 rings (SSSR count). The number of carbonyl (C=O) groups is 2. The molecule has 6 nitrogen and oxygen atoms in total. The van der Waals surface area contributed by atoms with Gasteiger partial charge in [0.2, 0.25) is 11.8 Å². The van der Waals surface area contributed by atoms with Gasteiger partial charge in [-0.15, -0.1) is 0 Å². The van der Waals surface area contributed by atoms with Crippen LogP contribution in [0.15, 0.2) is 89.5 Å². The monoisotopic (exact) mass is 577 g/mol. The highest BCUT2D eigenvalue weighted by Gasteiger charge is 2.57. The predicted octanol–water partition coefficient (Wildman–Crippen LogP) is 7.18. The SMILES string of the molecule is CC/C(=C\c1cc(C)c(O)c(C)c1)CC[C@H]1OC[C@H]2C1=C(COc1ccccc1)C[C@H]1C(=O)N(c3ccccc3)C(=O)[C@H]12. The Balaban J connectivity index is 1.28. The molecule has 0 aromatic heterocycles. The van der Waals surface area contributed by atoms with E-state index in [-0.39, 0.29) is 23.8 Å². The minimum atomic E-state index is -0.419. The van der Waals surface area contributed by atoms with Gasteiger partial charge >= 0.3 is 0 Å². The molecule has 3 aliphatic rings. The highest BCUT2D eigenvalue weighted by molar-refractivity contribution is 6.22. The molecule has 3 aromatic rings. The summed E-state index contributed by atoms with van der Waals surface area (Å²) in [4.78, 5) is 29.0. The van der Waals surface area contributed by atoms with Gasteiger partial charge < -0.3 is 14.6 Å². The standard InChI is InChI=1S/C37H39NO5/c1-4-25(19-26-17-23(2)35(39)24(3)18-26)15-16-32-33-27(21-42-29-13-9-6-10-14-29)20-30-34(31(33)22-43-32)37(41)38(36(30)40)28-11-7-5-8-12-28/h5-14,17-19,30-32,34,39H,4,15-16,20-22H2,1-3H3/b25-19+/t30-,31+,32-,34-/m1/s1. The summed E-state index contributed by atoms with van der Waals surface area (Å²) < 4.78 is 12.7. The molecule has 1 N–H and O–H groups in total. The van der Waals surface area contributed by atoms with Crippen LogP contribution in [0, 0.1) is 31.6 Å². The fourth-order valence-corrected chi connectivity index (χ4v) is 7.10. The van der Waals surface area contributed by atoms with Gasteiger partial charge in [-0.3, -0.25) is 14.5 Å². The third-order valence-electron chi connectivity index (χ3n) is 9.24. The first-order valence-corrected chi connectivity index (χ1v) is 15.3. The number of rotatable bonds is 9. The number of hydrogen-bond donors (Lipinski definition) is 1. The third kappa shape index (κ3) is 5.64. The van der Waals surface area contributed by atoms with Crippen LogP contribution >= 0.6 is 0 Å². The first kappa shape index (κ1) is 28.9. The Hall–Kier alpha value is -4.16. The Kier molecular flexibility index (Phi) is 8.22. The topological polar surface area (TPSA) is 76.1 Å². The van der Waals surface area contributed by atoms with E-state index in [0.29, 0.717) is 31.1 Å². The number of carbonyl (C=O) groups excluding carboxylic acids is 2. The molecule has 43 heavy (non-hydrogen) atoms. The first-order valence-electron chi connectivity index (χ1n) is 15.3. The minimum Gasteiger partial charge on any atom is -0.507 e. The lowest BCUT2D eigenvalue weighted by molar-refractivity contribution is -0.122. The third-order valence-corrected chi connectivity index (χ3v) is 9.24. The van der Waals surface area contributed by atoms with E-state index in [9.17, 15) is 14.7 Å². The number of fused-ring (bicyclic) bond motifs is 3. The van der Waals surface area contributed by atoms with Gasteiger partial charge in [0.15, 0.2) is 0 Å². The van der Waals surface area contributed by atoms with Crippen molar-refractivity contribution in [3.8, 4) is 11.5 Å². The van der Waals surface area contributed by atoms with E-state index >= 15 is 0 Å². The molecule has 4 atom stereocenters. The van der Waals surface area contributed by atoms with Gasteiger partial charge in [0.25, 0.3) is 0 Å². The van der Waals surface area contributed by atoms with Crippen molar-refractivity contribution >= 4 is 23.6 Å². The van der Waals surface area contributed by atoms with Gasteiger partial charge in [0.05, 0.1) is 30.2 Å². The zero-order chi connectivity index (χ0) is 30.1. The number of nitrogens with zero attached hydrogens (tertiary/aromatic N) is 1. The first-order chi connectivity index (χ1) is 20.9. The van der Waals surface area contributed by atoms with Gasteiger partial charge in [-0.2, -0.15) is 0 Å². The van der Waals surface area contributed by atoms with Crippen molar-refractivity contribution in [1.29, 1.82) is 0 Å². The molecule has 2 saturated heterocycles. The van der Waals surface area contributed by atoms with Crippen molar-refractivity contribution in [2.45, 2.75) is 52.6 Å². The van der Waals surface area contributed by atoms with E-state index in [1.54, 1.807) is 0 Å². The van der Waals surface area contributed by atoms with Gasteiger partial charge in [-0.1, -0.05) is 55.0 Å². The van der Waals surface area contributed by atoms with Gasteiger partial charge in [0.1, 0.15) is 18.1 Å². The van der Waals surface area contributed by atoms with Crippen molar-refractivity contribution in [2.24, 2.45) is 17.8 Å². The van der Waals surface area contributed by atoms with Crippen molar-refractivity contribution in [3.05, 3.63) is 106 Å². The molecule has 0 saturated carbocycles. The number of aryl methyl sites for hydroxylation is 2. The van der Waals surface area contributed by atoms with Crippen LogP contribution in [0.3, 0.4) is 0 Å². The number of phenols is 1. The van der Waals surface area contributed by atoms with Crippen LogP contribution in [-0.4, -0.2) is 36.2 Å². The summed E-state index contributed by atoms with van der Waals surface area (Å²) in [5, 5.41) is 10.2. The van der Waals surface area contributed by atoms with Crippen molar-refractivity contribution in [1.82, 2.24) is 0 Å². The number of para-hydroxylation sites is 2. The summed E-state index contributed by atoms with van der Waals surface area (Å²) in [6.45, 7) is 6.81. The largest absolute Gasteiger partial charge is 0.507 e. The Morgan fingerprint density at radius 2 is 1.65 bits per heavy atom. The molecule has 2 amide bonds. The number of phenolic OH excluding ortho intramolecular Hbond substituents is 1. The molecule has 2 fully saturated rings. The van der Waals surface area contributed by atoms with Crippen LogP contribution in [0.2, 0.25) is 0 Å². The second-order valence-corrected chi connectivity index (χ2v) is 12.0. The number of benzene rings is 3. The van der Waals surface area contributed by atoms with Gasteiger partial charge in [-0.05, 0) is 104 Å². The molecule has 2 heterocycles. The van der Waals surface area contributed by atoms with Crippen molar-refractivity contribution in [2.75, 3.05) is 18.1 Å². The van der Waals surface area contributed by atoms with Gasteiger partial charge in [-0.25, -0.2) is 0 Å². The summed E-state index contributed by atoms with van der Waals surface area (Å²) in [7, 11) is 0. The summed E-state index contributed by atoms with van der Waals surface area (Å²) in [5.41, 5.74) is 6.99. The lowest BCUT2D eigenvalue weighted by atomic mass is 9.69. The minimum absolute atomic E-state index is 0.122. The zero-order valence-electron chi connectivity index (χ0n) is 25.1. The highest BCUT2D eigenvalue weighted by atomic mass is 16.5. The summed E-state index contributed by atoms with van der Waals surface area (Å²) in [5.74, 6) is -0.0959. The van der Waals surface area contributed by atoms with Crippen LogP contribution < -0.4 is 9.64 Å². The second-order valence-electron chi connectivity index (χ2n) is 12.0. The quantitative estimate of drug-likeness (QED) is 0.215. The Morgan fingerprint density at radius 1 is 0.977 bits per heavy atom. The number of aromatic hydroxyl groups is 1. The number of imide groups is 1. The number of hydrogen-bond acceptors (Lipinski definition) is 5. The number of ether oxygens (including phenoxy) is 2. The second kappa shape index (κ2) is 12.2. The Labute approximate surface area is 253 Å². The highest BCUT2D eigenvalue weighted by Crippen LogP contribution is 2.50. The molecular weight excluding hydrogens is 538 g/mol. The molecule has 0 bridgehead atoms. The van der Waals surface area contributed by atoms with Gasteiger partial charge in [0, 0.05) is 5.92 Å². The molecule has 2 aliphatic heterocycles. The summed E-state index contributed by atoms with van der Waals surface area (Å²) >= 11 is 0. The average molecular weight is 578 g/mol. The summed E-state index contributed by atoms with van der Waals surface area (Å²) in [6, 6.07) is 23.0. The average Bonchev–Trinajstić information content (AvgIpc) is 3.55. The Morgan fingerprint density at radius 3 is 2.33 bits per heavy atom. The number of amides is 2. The molecule has 0 radical (unpaired) electrons. The molecule has 1 aliphatic carbocycles. The molecule has 0 spiro atoms. The predicted molar refractivity (Wildman–Crippen MR) is 168 cm³/mol. The number of anilines is 1. The van der Waals surface area contributed by atoms with E-state index in [0.717, 1.165) is 52.8 Å². The maximum absolute atomic E-state index is 13.8.